The monoisotopic (exact) mass is 305 g/mol. The third-order valence-electron chi connectivity index (χ3n) is 2.76. The van der Waals surface area contributed by atoms with Crippen molar-refractivity contribution in [3.8, 4) is 11.6 Å². The Hall–Kier alpha value is -2.41. The van der Waals surface area contributed by atoms with Crippen molar-refractivity contribution in [2.45, 2.75) is 6.54 Å². The number of rotatable bonds is 6. The van der Waals surface area contributed by atoms with Crippen molar-refractivity contribution in [3.05, 3.63) is 52.3 Å². The summed E-state index contributed by atoms with van der Waals surface area (Å²) in [6.07, 6.45) is 0. The fourth-order valence-corrected chi connectivity index (χ4v) is 1.80. The first-order valence-electron chi connectivity index (χ1n) is 6.25. The molecule has 2 rings (SSSR count). The summed E-state index contributed by atoms with van der Waals surface area (Å²) >= 11 is 4.87. The van der Waals surface area contributed by atoms with Crippen molar-refractivity contribution in [2.24, 2.45) is 5.73 Å². The van der Waals surface area contributed by atoms with Gasteiger partial charge < -0.3 is 15.2 Å². The van der Waals surface area contributed by atoms with Crippen LogP contribution in [0.15, 0.2) is 41.2 Å². The number of methoxy groups -OCH3 is 1. The van der Waals surface area contributed by atoms with Gasteiger partial charge in [0.05, 0.1) is 13.7 Å². The first-order chi connectivity index (χ1) is 10.1. The summed E-state index contributed by atoms with van der Waals surface area (Å²) in [6, 6.07) is 10.0. The van der Waals surface area contributed by atoms with Gasteiger partial charge in [0.2, 0.25) is 5.88 Å². The van der Waals surface area contributed by atoms with Crippen LogP contribution in [0.25, 0.3) is 0 Å². The zero-order chi connectivity index (χ0) is 15.2. The third-order valence-corrected chi connectivity index (χ3v) is 3.00. The molecule has 0 radical (unpaired) electrons. The number of benzene rings is 1. The number of thiocarbonyl (C=S) groups is 1. The highest BCUT2D eigenvalue weighted by molar-refractivity contribution is 7.80. The zero-order valence-corrected chi connectivity index (χ0v) is 12.3. The number of ether oxygens (including phenoxy) is 2. The Kier molecular flexibility index (Phi) is 4.89. The number of nitrogens with zero attached hydrogens (tertiary/aromatic N) is 2. The lowest BCUT2D eigenvalue weighted by atomic mass is 10.2. The number of nitrogens with two attached hydrogens (primary N) is 1. The van der Waals surface area contributed by atoms with Crippen molar-refractivity contribution in [3.63, 3.8) is 0 Å². The first kappa shape index (κ1) is 15.0. The standard InChI is InChI=1S/C14H15N3O3S/c1-19-12-6-7-13(18)17(16-12)8-9-20-11-4-2-10(3-5-11)14(15)21/h2-7H,8-9H2,1H3,(H2,15,21). The predicted molar refractivity (Wildman–Crippen MR) is 82.9 cm³/mol. The van der Waals surface area contributed by atoms with Gasteiger partial charge in [0, 0.05) is 17.7 Å². The van der Waals surface area contributed by atoms with Gasteiger partial charge in [0.25, 0.3) is 5.56 Å². The molecular formula is C14H15N3O3S. The van der Waals surface area contributed by atoms with Crippen LogP contribution in [-0.4, -0.2) is 28.5 Å². The maximum atomic E-state index is 11.6. The van der Waals surface area contributed by atoms with Crippen LogP contribution in [0.5, 0.6) is 11.6 Å². The summed E-state index contributed by atoms with van der Waals surface area (Å²) in [5, 5.41) is 4.03. The van der Waals surface area contributed by atoms with Crippen LogP contribution in [0, 0.1) is 0 Å². The average molecular weight is 305 g/mol. The second-order valence-corrected chi connectivity index (χ2v) is 4.61. The molecule has 1 aromatic heterocycles. The van der Waals surface area contributed by atoms with E-state index >= 15 is 0 Å². The molecular weight excluding hydrogens is 290 g/mol. The summed E-state index contributed by atoms with van der Waals surface area (Å²) < 4.78 is 11.8. The highest BCUT2D eigenvalue weighted by Crippen LogP contribution is 2.12. The molecule has 0 saturated heterocycles. The lowest BCUT2D eigenvalue weighted by Gasteiger charge is -2.08. The Bertz CT molecular complexity index is 683. The van der Waals surface area contributed by atoms with Crippen LogP contribution in [-0.2, 0) is 6.54 Å². The van der Waals surface area contributed by atoms with E-state index in [1.807, 2.05) is 0 Å². The summed E-state index contributed by atoms with van der Waals surface area (Å²) in [5.41, 5.74) is 6.09. The predicted octanol–water partition coefficient (Wildman–Crippen LogP) is 0.965. The minimum absolute atomic E-state index is 0.205. The van der Waals surface area contributed by atoms with Crippen molar-refractivity contribution in [1.82, 2.24) is 9.78 Å². The number of hydrogen-bond donors (Lipinski definition) is 1. The molecule has 0 unspecified atom stereocenters. The Morgan fingerprint density at radius 2 is 2.00 bits per heavy atom. The minimum Gasteiger partial charge on any atom is -0.492 e. The maximum absolute atomic E-state index is 11.6. The molecule has 0 spiro atoms. The van der Waals surface area contributed by atoms with E-state index < -0.39 is 0 Å². The van der Waals surface area contributed by atoms with Crippen LogP contribution >= 0.6 is 12.2 Å². The van der Waals surface area contributed by atoms with E-state index in [0.717, 1.165) is 5.56 Å². The quantitative estimate of drug-likeness (QED) is 0.801. The smallest absolute Gasteiger partial charge is 0.267 e. The summed E-state index contributed by atoms with van der Waals surface area (Å²) in [4.78, 5) is 12.0. The molecule has 2 aromatic rings. The molecule has 2 N–H and O–H groups in total. The van der Waals surface area contributed by atoms with E-state index in [9.17, 15) is 4.79 Å². The normalized spacial score (nSPS) is 10.1. The fourth-order valence-electron chi connectivity index (χ4n) is 1.66. The molecule has 0 aliphatic carbocycles. The zero-order valence-electron chi connectivity index (χ0n) is 11.5. The molecule has 0 fully saturated rings. The van der Waals surface area contributed by atoms with Crippen molar-refractivity contribution in [2.75, 3.05) is 13.7 Å². The second kappa shape index (κ2) is 6.85. The molecule has 0 bridgehead atoms. The second-order valence-electron chi connectivity index (χ2n) is 4.17. The van der Waals surface area contributed by atoms with Gasteiger partial charge in [0.15, 0.2) is 0 Å². The van der Waals surface area contributed by atoms with E-state index in [1.165, 1.54) is 23.9 Å². The largest absolute Gasteiger partial charge is 0.492 e. The first-order valence-corrected chi connectivity index (χ1v) is 6.66. The van der Waals surface area contributed by atoms with E-state index in [0.29, 0.717) is 29.8 Å². The van der Waals surface area contributed by atoms with Crippen LogP contribution in [0.1, 0.15) is 5.56 Å². The Balaban J connectivity index is 1.95. The number of aromatic nitrogens is 2. The van der Waals surface area contributed by atoms with Crippen LogP contribution in [0.2, 0.25) is 0 Å². The third kappa shape index (κ3) is 4.03. The van der Waals surface area contributed by atoms with E-state index in [4.69, 9.17) is 27.4 Å². The van der Waals surface area contributed by atoms with E-state index in [1.54, 1.807) is 24.3 Å². The van der Waals surface area contributed by atoms with Gasteiger partial charge >= 0.3 is 0 Å². The molecule has 6 nitrogen and oxygen atoms in total. The Morgan fingerprint density at radius 3 is 2.62 bits per heavy atom. The molecule has 21 heavy (non-hydrogen) atoms. The SMILES string of the molecule is COc1ccc(=O)n(CCOc2ccc(C(N)=S)cc2)n1. The van der Waals surface area contributed by atoms with Crippen molar-refractivity contribution in [1.29, 1.82) is 0 Å². The molecule has 7 heteroatoms. The molecule has 0 saturated carbocycles. The van der Waals surface area contributed by atoms with Crippen molar-refractivity contribution >= 4 is 17.2 Å². The van der Waals surface area contributed by atoms with Gasteiger partial charge in [0.1, 0.15) is 17.3 Å². The lowest BCUT2D eigenvalue weighted by Crippen LogP contribution is -2.25. The molecule has 0 aliphatic heterocycles. The summed E-state index contributed by atoms with van der Waals surface area (Å²) in [6.45, 7) is 0.638. The maximum Gasteiger partial charge on any atom is 0.267 e. The van der Waals surface area contributed by atoms with E-state index in [2.05, 4.69) is 5.10 Å². The topological polar surface area (TPSA) is 79.4 Å². The molecule has 0 atom stereocenters. The van der Waals surface area contributed by atoms with Crippen molar-refractivity contribution < 1.29 is 9.47 Å². The van der Waals surface area contributed by atoms with Gasteiger partial charge in [-0.1, -0.05) is 12.2 Å². The minimum atomic E-state index is -0.205. The van der Waals surface area contributed by atoms with Gasteiger partial charge in [-0.3, -0.25) is 4.79 Å². The molecule has 1 aromatic carbocycles. The molecule has 1 heterocycles. The van der Waals surface area contributed by atoms with E-state index in [-0.39, 0.29) is 5.56 Å². The Morgan fingerprint density at radius 1 is 1.29 bits per heavy atom. The molecule has 110 valence electrons. The Labute approximate surface area is 127 Å². The number of hydrogen-bond acceptors (Lipinski definition) is 5. The molecule has 0 aliphatic rings. The fraction of sp³-hybridized carbons (Fsp3) is 0.214. The van der Waals surface area contributed by atoms with Gasteiger partial charge in [-0.25, -0.2) is 4.68 Å². The average Bonchev–Trinajstić information content (AvgIpc) is 2.49. The highest BCUT2D eigenvalue weighted by Gasteiger charge is 2.02. The highest BCUT2D eigenvalue weighted by atomic mass is 32.1. The van der Waals surface area contributed by atoms with Crippen LogP contribution in [0.3, 0.4) is 0 Å². The summed E-state index contributed by atoms with van der Waals surface area (Å²) in [5.74, 6) is 1.06. The summed E-state index contributed by atoms with van der Waals surface area (Å²) in [7, 11) is 1.50. The van der Waals surface area contributed by atoms with Crippen LogP contribution < -0.4 is 20.8 Å². The molecule has 0 amide bonds. The van der Waals surface area contributed by atoms with Gasteiger partial charge in [-0.05, 0) is 24.3 Å². The lowest BCUT2D eigenvalue weighted by molar-refractivity contribution is 0.282. The van der Waals surface area contributed by atoms with Gasteiger partial charge in [-0.15, -0.1) is 5.10 Å². The van der Waals surface area contributed by atoms with Gasteiger partial charge in [-0.2, -0.15) is 0 Å². The van der Waals surface area contributed by atoms with Crippen LogP contribution in [0.4, 0.5) is 0 Å².